The third-order valence-corrected chi connectivity index (χ3v) is 11.9. The largest absolute Gasteiger partial charge is 0.546 e. The fraction of sp³-hybridized carbons (Fsp3) is 0.704. The summed E-state index contributed by atoms with van der Waals surface area (Å²) in [5.74, 6) is -1.69. The lowest BCUT2D eigenvalue weighted by molar-refractivity contribution is -0.161. The first-order chi connectivity index (χ1) is 16.6. The van der Waals surface area contributed by atoms with Crippen molar-refractivity contribution < 1.29 is 37.8 Å². The monoisotopic (exact) mass is 535 g/mol. The van der Waals surface area contributed by atoms with Crippen LogP contribution < -0.4 is 0 Å². The molecular formula is C27H41NO8Si. The van der Waals surface area contributed by atoms with Crippen LogP contribution in [0.5, 0.6) is 0 Å². The van der Waals surface area contributed by atoms with Crippen molar-refractivity contribution in [3.63, 3.8) is 0 Å². The number of hydrogen-bond acceptors (Lipinski definition) is 8. The van der Waals surface area contributed by atoms with Crippen LogP contribution in [0.3, 0.4) is 0 Å². The molecule has 0 unspecified atom stereocenters. The maximum Gasteiger partial charge on any atom is 0.412 e. The molecule has 37 heavy (non-hydrogen) atoms. The molecule has 0 spiro atoms. The van der Waals surface area contributed by atoms with E-state index in [9.17, 15) is 19.2 Å². The number of esters is 2. The number of carbonyl (C=O) groups is 4. The van der Waals surface area contributed by atoms with Crippen LogP contribution in [0.25, 0.3) is 0 Å². The Balaban J connectivity index is 2.19. The van der Waals surface area contributed by atoms with E-state index in [0.717, 1.165) is 0 Å². The van der Waals surface area contributed by atoms with Gasteiger partial charge < -0.3 is 18.6 Å². The maximum absolute atomic E-state index is 14.0. The molecule has 0 radical (unpaired) electrons. The van der Waals surface area contributed by atoms with Gasteiger partial charge in [0.05, 0.1) is 11.8 Å². The second-order valence-electron chi connectivity index (χ2n) is 13.3. The van der Waals surface area contributed by atoms with Crippen LogP contribution in [-0.4, -0.2) is 66.9 Å². The fourth-order valence-corrected chi connectivity index (χ4v) is 5.63. The Kier molecular flexibility index (Phi) is 7.03. The first-order valence-electron chi connectivity index (χ1n) is 12.7. The number of cyclic esters (lactones) is 1. The van der Waals surface area contributed by atoms with Crippen molar-refractivity contribution in [1.29, 1.82) is 0 Å². The zero-order chi connectivity index (χ0) is 28.4. The highest BCUT2D eigenvalue weighted by molar-refractivity contribution is 6.74. The van der Waals surface area contributed by atoms with Crippen molar-refractivity contribution in [3.05, 3.63) is 23.5 Å². The highest BCUT2D eigenvalue weighted by Gasteiger charge is 2.61. The number of nitrogens with zero attached hydrogens (tertiary/aromatic N) is 1. The number of fused-ring (bicyclic) bond motifs is 2. The Hall–Kier alpha value is -2.62. The predicted molar refractivity (Wildman–Crippen MR) is 139 cm³/mol. The molecule has 3 heterocycles. The van der Waals surface area contributed by atoms with Gasteiger partial charge in [0.2, 0.25) is 14.4 Å². The van der Waals surface area contributed by atoms with E-state index in [1.807, 2.05) is 13.1 Å². The van der Waals surface area contributed by atoms with Crippen LogP contribution in [0.4, 0.5) is 4.79 Å². The molecular weight excluding hydrogens is 494 g/mol. The van der Waals surface area contributed by atoms with Crippen molar-refractivity contribution >= 4 is 32.1 Å². The van der Waals surface area contributed by atoms with Gasteiger partial charge in [-0.1, -0.05) is 40.7 Å². The van der Waals surface area contributed by atoms with E-state index in [4.69, 9.17) is 18.6 Å². The van der Waals surface area contributed by atoms with Crippen LogP contribution in [0.2, 0.25) is 18.1 Å². The molecule has 0 aliphatic carbocycles. The zero-order valence-corrected chi connectivity index (χ0v) is 24.9. The lowest BCUT2D eigenvalue weighted by atomic mass is 9.81. The topological polar surface area (TPSA) is 108 Å². The van der Waals surface area contributed by atoms with E-state index in [2.05, 4.69) is 20.8 Å². The molecule has 1 saturated heterocycles. The molecule has 0 N–H and O–H groups in total. The lowest BCUT2D eigenvalue weighted by Gasteiger charge is -2.47. The minimum atomic E-state index is -2.48. The highest BCUT2D eigenvalue weighted by Crippen LogP contribution is 2.48. The summed E-state index contributed by atoms with van der Waals surface area (Å²) < 4.78 is 23.2. The van der Waals surface area contributed by atoms with Crippen LogP contribution >= 0.6 is 0 Å². The van der Waals surface area contributed by atoms with Crippen molar-refractivity contribution in [2.24, 2.45) is 5.41 Å². The molecule has 9 nitrogen and oxygen atoms in total. The van der Waals surface area contributed by atoms with Crippen molar-refractivity contribution in [2.75, 3.05) is 6.61 Å². The summed E-state index contributed by atoms with van der Waals surface area (Å²) in [5, 5.41) is -0.204. The minimum Gasteiger partial charge on any atom is -0.546 e. The Bertz CT molecular complexity index is 1070. The first-order valence-corrected chi connectivity index (χ1v) is 15.6. The standard InChI is InChI=1S/C27H41NO8Si/c1-16(29)27-13-12-17(28(27)23(32)35-24(2,3)4)14-18(36-37(10,11)25(5,6)7)19(27)21(30)34-20-22(31)33-15-26(20,8)9/h12-13,17,20H,14-15H2,1-11H3/t17-,20+,27-/m1/s1. The lowest BCUT2D eigenvalue weighted by Crippen LogP contribution is -2.62. The third-order valence-electron chi connectivity index (χ3n) is 7.58. The van der Waals surface area contributed by atoms with Crippen LogP contribution in [0.15, 0.2) is 23.5 Å². The average Bonchev–Trinajstić information content (AvgIpc) is 3.13. The predicted octanol–water partition coefficient (Wildman–Crippen LogP) is 4.66. The smallest absolute Gasteiger partial charge is 0.412 e. The summed E-state index contributed by atoms with van der Waals surface area (Å²) in [6.45, 7) is 20.4. The van der Waals surface area contributed by atoms with Crippen molar-refractivity contribution in [3.8, 4) is 0 Å². The van der Waals surface area contributed by atoms with Gasteiger partial charge in [0.25, 0.3) is 0 Å². The Morgan fingerprint density at radius 3 is 2.16 bits per heavy atom. The summed E-state index contributed by atoms with van der Waals surface area (Å²) in [4.78, 5) is 54.6. The third kappa shape index (κ3) is 5.09. The molecule has 3 atom stereocenters. The molecule has 1 fully saturated rings. The molecule has 0 saturated carbocycles. The SMILES string of the molecule is CC(=O)[C@]12C=C[C@H](CC(O[Si](C)(C)C(C)(C)C)=C1C(=O)O[C@H]1C(=O)OCC1(C)C)N2C(=O)OC(C)(C)C. The van der Waals surface area contributed by atoms with E-state index in [0.29, 0.717) is 5.76 Å². The summed E-state index contributed by atoms with van der Waals surface area (Å²) in [6.07, 6.45) is 1.56. The Labute approximate surface area is 220 Å². The number of ketones is 1. The first kappa shape index (κ1) is 28.9. The highest BCUT2D eigenvalue weighted by atomic mass is 28.4. The van der Waals surface area contributed by atoms with Crippen LogP contribution in [0.1, 0.15) is 68.7 Å². The summed E-state index contributed by atoms with van der Waals surface area (Å²) in [5.41, 5.74) is -3.46. The molecule has 206 valence electrons. The van der Waals surface area contributed by atoms with E-state index >= 15 is 0 Å². The van der Waals surface area contributed by atoms with E-state index in [-0.39, 0.29) is 23.6 Å². The van der Waals surface area contributed by atoms with Gasteiger partial charge in [-0.3, -0.25) is 9.69 Å². The Morgan fingerprint density at radius 1 is 1.11 bits per heavy atom. The Morgan fingerprint density at radius 2 is 1.70 bits per heavy atom. The zero-order valence-electron chi connectivity index (χ0n) is 23.9. The molecule has 2 bridgehead atoms. The summed E-state index contributed by atoms with van der Waals surface area (Å²) in [6, 6.07) is -0.553. The minimum absolute atomic E-state index is 0.0869. The second-order valence-corrected chi connectivity index (χ2v) is 18.1. The number of amides is 1. The van der Waals surface area contributed by atoms with E-state index < -0.39 is 60.8 Å². The van der Waals surface area contributed by atoms with Gasteiger partial charge in [-0.25, -0.2) is 14.4 Å². The van der Waals surface area contributed by atoms with Gasteiger partial charge in [-0.05, 0) is 51.9 Å². The molecule has 0 aromatic rings. The molecule has 3 aliphatic heterocycles. The van der Waals surface area contributed by atoms with E-state index in [1.165, 1.54) is 11.8 Å². The molecule has 3 aliphatic rings. The normalized spacial score (nSPS) is 27.2. The van der Waals surface area contributed by atoms with Crippen LogP contribution in [-0.2, 0) is 33.0 Å². The fourth-order valence-electron chi connectivity index (χ4n) is 4.52. The van der Waals surface area contributed by atoms with Gasteiger partial charge in [-0.15, -0.1) is 0 Å². The van der Waals surface area contributed by atoms with E-state index in [1.54, 1.807) is 46.8 Å². The summed E-state index contributed by atoms with van der Waals surface area (Å²) in [7, 11) is -2.48. The van der Waals surface area contributed by atoms with Gasteiger partial charge in [0.1, 0.15) is 17.8 Å². The van der Waals surface area contributed by atoms with Crippen molar-refractivity contribution in [1.82, 2.24) is 4.90 Å². The molecule has 10 heteroatoms. The maximum atomic E-state index is 14.0. The number of Topliss-reactive ketones (excluding diaryl/α,β-unsaturated/α-hetero) is 1. The molecule has 1 amide bonds. The molecule has 3 rings (SSSR count). The summed E-state index contributed by atoms with van der Waals surface area (Å²) >= 11 is 0. The number of carbonyl (C=O) groups excluding carboxylic acids is 4. The number of ether oxygens (including phenoxy) is 3. The molecule has 0 aromatic heterocycles. The van der Waals surface area contributed by atoms with Gasteiger partial charge >= 0.3 is 18.0 Å². The number of hydrogen-bond donors (Lipinski definition) is 0. The van der Waals surface area contributed by atoms with Gasteiger partial charge in [-0.2, -0.15) is 0 Å². The average molecular weight is 536 g/mol. The number of rotatable bonds is 5. The van der Waals surface area contributed by atoms with Crippen LogP contribution in [0, 0.1) is 5.41 Å². The van der Waals surface area contributed by atoms with Gasteiger partial charge in [0, 0.05) is 11.8 Å². The molecule has 0 aromatic carbocycles. The second kappa shape index (κ2) is 8.99. The van der Waals surface area contributed by atoms with Crippen molar-refractivity contribution in [2.45, 2.75) is 110 Å². The van der Waals surface area contributed by atoms with Gasteiger partial charge in [0.15, 0.2) is 11.3 Å². The quantitative estimate of drug-likeness (QED) is 0.216.